The normalized spacial score (nSPS) is 16.0. The first-order chi connectivity index (χ1) is 12.7. The van der Waals surface area contributed by atoms with Gasteiger partial charge in [-0.1, -0.05) is 25.1 Å². The number of ether oxygens (including phenoxy) is 1. The SMILES string of the molecule is CCC1c2cc(-c3ccnn3C)ccc2C(=O)N1c1ccccc1OC. The van der Waals surface area contributed by atoms with Gasteiger partial charge in [-0.3, -0.25) is 14.4 Å². The lowest BCUT2D eigenvalue weighted by Gasteiger charge is -2.26. The summed E-state index contributed by atoms with van der Waals surface area (Å²) in [5.41, 5.74) is 4.73. The Hall–Kier alpha value is -3.08. The van der Waals surface area contributed by atoms with Crippen LogP contribution in [0.3, 0.4) is 0 Å². The number of aryl methyl sites for hydroxylation is 1. The van der Waals surface area contributed by atoms with E-state index < -0.39 is 0 Å². The lowest BCUT2D eigenvalue weighted by molar-refractivity contribution is 0.0990. The van der Waals surface area contributed by atoms with Gasteiger partial charge in [-0.15, -0.1) is 0 Å². The first-order valence-corrected chi connectivity index (χ1v) is 8.74. The van der Waals surface area contributed by atoms with Crippen LogP contribution >= 0.6 is 0 Å². The quantitative estimate of drug-likeness (QED) is 0.710. The van der Waals surface area contributed by atoms with Crippen molar-refractivity contribution in [1.82, 2.24) is 9.78 Å². The molecule has 0 saturated carbocycles. The number of benzene rings is 2. The fourth-order valence-corrected chi connectivity index (χ4v) is 3.77. The maximum absolute atomic E-state index is 13.2. The molecule has 1 amide bonds. The minimum atomic E-state index is -0.0121. The molecule has 132 valence electrons. The van der Waals surface area contributed by atoms with Crippen LogP contribution in [0.15, 0.2) is 54.7 Å². The van der Waals surface area contributed by atoms with E-state index in [1.54, 1.807) is 13.3 Å². The lowest BCUT2D eigenvalue weighted by Crippen LogP contribution is -2.27. The van der Waals surface area contributed by atoms with Gasteiger partial charge >= 0.3 is 0 Å². The van der Waals surface area contributed by atoms with Gasteiger partial charge in [-0.2, -0.15) is 5.10 Å². The van der Waals surface area contributed by atoms with E-state index in [1.807, 2.05) is 59.1 Å². The number of carbonyl (C=O) groups excluding carboxylic acids is 1. The number of amides is 1. The van der Waals surface area contributed by atoms with Crippen molar-refractivity contribution >= 4 is 11.6 Å². The second-order valence-electron chi connectivity index (χ2n) is 6.41. The van der Waals surface area contributed by atoms with Gasteiger partial charge in [0.1, 0.15) is 5.75 Å². The van der Waals surface area contributed by atoms with Gasteiger partial charge in [0, 0.05) is 24.4 Å². The van der Waals surface area contributed by atoms with E-state index in [4.69, 9.17) is 4.74 Å². The zero-order chi connectivity index (χ0) is 18.3. The standard InChI is InChI=1S/C21H21N3O2/c1-4-17-16-13-14(18-11-12-22-23(18)2)9-10-15(16)21(25)24(17)19-7-5-6-8-20(19)26-3/h5-13,17H,4H2,1-3H3. The summed E-state index contributed by atoms with van der Waals surface area (Å²) in [4.78, 5) is 15.0. The van der Waals surface area contributed by atoms with Gasteiger partial charge in [-0.25, -0.2) is 0 Å². The zero-order valence-electron chi connectivity index (χ0n) is 15.1. The molecule has 1 atom stereocenters. The Morgan fingerprint density at radius 3 is 2.65 bits per heavy atom. The molecule has 0 aliphatic carbocycles. The first kappa shape index (κ1) is 16.4. The largest absolute Gasteiger partial charge is 0.495 e. The summed E-state index contributed by atoms with van der Waals surface area (Å²) in [6.07, 6.45) is 2.61. The van der Waals surface area contributed by atoms with Gasteiger partial charge in [0.15, 0.2) is 0 Å². The van der Waals surface area contributed by atoms with Crippen molar-refractivity contribution in [3.8, 4) is 17.0 Å². The Morgan fingerprint density at radius 1 is 1.15 bits per heavy atom. The van der Waals surface area contributed by atoms with Crippen LogP contribution in [0.4, 0.5) is 5.69 Å². The molecule has 3 aromatic rings. The average Bonchev–Trinajstić information content (AvgIpc) is 3.22. The van der Waals surface area contributed by atoms with Crippen LogP contribution in [-0.4, -0.2) is 22.8 Å². The molecule has 26 heavy (non-hydrogen) atoms. The van der Waals surface area contributed by atoms with E-state index >= 15 is 0 Å². The fourth-order valence-electron chi connectivity index (χ4n) is 3.77. The fraction of sp³-hybridized carbons (Fsp3) is 0.238. The summed E-state index contributed by atoms with van der Waals surface area (Å²) in [5.74, 6) is 0.729. The monoisotopic (exact) mass is 347 g/mol. The van der Waals surface area contributed by atoms with Crippen LogP contribution < -0.4 is 9.64 Å². The number of aromatic nitrogens is 2. The molecule has 4 rings (SSSR count). The van der Waals surface area contributed by atoms with Crippen molar-refractivity contribution in [1.29, 1.82) is 0 Å². The number of carbonyl (C=O) groups is 1. The summed E-state index contributed by atoms with van der Waals surface area (Å²) in [5, 5.41) is 4.25. The highest BCUT2D eigenvalue weighted by atomic mass is 16.5. The molecular formula is C21H21N3O2. The number of fused-ring (bicyclic) bond motifs is 1. The number of hydrogen-bond acceptors (Lipinski definition) is 3. The van der Waals surface area contributed by atoms with Gasteiger partial charge < -0.3 is 4.74 Å². The Morgan fingerprint density at radius 2 is 1.96 bits per heavy atom. The minimum absolute atomic E-state index is 0.0121. The summed E-state index contributed by atoms with van der Waals surface area (Å²) < 4.78 is 7.34. The molecule has 0 fully saturated rings. The topological polar surface area (TPSA) is 47.4 Å². The third-order valence-corrected chi connectivity index (χ3v) is 5.02. The predicted molar refractivity (Wildman–Crippen MR) is 101 cm³/mol. The highest BCUT2D eigenvalue weighted by Crippen LogP contribution is 2.43. The third kappa shape index (κ3) is 2.39. The van der Waals surface area contributed by atoms with Gasteiger partial charge in [-0.05, 0) is 42.3 Å². The van der Waals surface area contributed by atoms with E-state index in [-0.39, 0.29) is 11.9 Å². The van der Waals surface area contributed by atoms with Gasteiger partial charge in [0.2, 0.25) is 0 Å². The second-order valence-corrected chi connectivity index (χ2v) is 6.41. The van der Waals surface area contributed by atoms with Crippen LogP contribution in [0.5, 0.6) is 5.75 Å². The molecule has 1 aliphatic rings. The van der Waals surface area contributed by atoms with Crippen molar-refractivity contribution < 1.29 is 9.53 Å². The molecular weight excluding hydrogens is 326 g/mol. The number of rotatable bonds is 4. The maximum atomic E-state index is 13.2. The third-order valence-electron chi connectivity index (χ3n) is 5.02. The molecule has 1 unspecified atom stereocenters. The number of anilines is 1. The van der Waals surface area contributed by atoms with Crippen molar-refractivity contribution in [3.05, 3.63) is 65.9 Å². The number of para-hydroxylation sites is 2. The molecule has 5 nitrogen and oxygen atoms in total. The molecule has 0 bridgehead atoms. The first-order valence-electron chi connectivity index (χ1n) is 8.74. The van der Waals surface area contributed by atoms with Crippen LogP contribution in [-0.2, 0) is 7.05 Å². The van der Waals surface area contributed by atoms with Crippen molar-refractivity contribution in [3.63, 3.8) is 0 Å². The van der Waals surface area contributed by atoms with E-state index in [1.165, 1.54) is 0 Å². The summed E-state index contributed by atoms with van der Waals surface area (Å²) in [7, 11) is 3.56. The molecule has 2 aromatic carbocycles. The van der Waals surface area contributed by atoms with E-state index in [0.29, 0.717) is 5.75 Å². The Labute approximate surface area is 152 Å². The Kier molecular flexibility index (Phi) is 3.99. The number of methoxy groups -OCH3 is 1. The summed E-state index contributed by atoms with van der Waals surface area (Å²) in [6, 6.07) is 15.7. The van der Waals surface area contributed by atoms with Crippen molar-refractivity contribution in [2.24, 2.45) is 7.05 Å². The smallest absolute Gasteiger partial charge is 0.259 e. The average molecular weight is 347 g/mol. The Bertz CT molecular complexity index is 977. The highest BCUT2D eigenvalue weighted by Gasteiger charge is 2.38. The van der Waals surface area contributed by atoms with Crippen LogP contribution in [0.25, 0.3) is 11.3 Å². The summed E-state index contributed by atoms with van der Waals surface area (Å²) >= 11 is 0. The molecule has 0 radical (unpaired) electrons. The van der Waals surface area contributed by atoms with Crippen LogP contribution in [0.1, 0.15) is 35.3 Å². The van der Waals surface area contributed by atoms with E-state index in [2.05, 4.69) is 18.1 Å². The van der Waals surface area contributed by atoms with E-state index in [9.17, 15) is 4.79 Å². The molecule has 0 spiro atoms. The lowest BCUT2D eigenvalue weighted by atomic mass is 9.98. The number of nitrogens with zero attached hydrogens (tertiary/aromatic N) is 3. The molecule has 1 aromatic heterocycles. The summed E-state index contributed by atoms with van der Waals surface area (Å²) in [6.45, 7) is 2.10. The molecule has 0 N–H and O–H groups in total. The maximum Gasteiger partial charge on any atom is 0.259 e. The van der Waals surface area contributed by atoms with Crippen molar-refractivity contribution in [2.45, 2.75) is 19.4 Å². The predicted octanol–water partition coefficient (Wildman–Crippen LogP) is 4.21. The van der Waals surface area contributed by atoms with Crippen LogP contribution in [0.2, 0.25) is 0 Å². The van der Waals surface area contributed by atoms with Crippen molar-refractivity contribution in [2.75, 3.05) is 12.0 Å². The molecule has 0 saturated heterocycles. The minimum Gasteiger partial charge on any atom is -0.495 e. The van der Waals surface area contributed by atoms with Crippen LogP contribution in [0, 0.1) is 0 Å². The van der Waals surface area contributed by atoms with Gasteiger partial charge in [0.05, 0.1) is 24.5 Å². The zero-order valence-corrected chi connectivity index (χ0v) is 15.1. The van der Waals surface area contributed by atoms with E-state index in [0.717, 1.165) is 34.5 Å². The highest BCUT2D eigenvalue weighted by molar-refractivity contribution is 6.12. The molecule has 2 heterocycles. The molecule has 1 aliphatic heterocycles. The Balaban J connectivity index is 1.83. The van der Waals surface area contributed by atoms with Gasteiger partial charge in [0.25, 0.3) is 5.91 Å². The second kappa shape index (κ2) is 6.33. The molecule has 5 heteroatoms. The number of hydrogen-bond donors (Lipinski definition) is 0.